The quantitative estimate of drug-likeness (QED) is 0.528. The molecule has 5 nitrogen and oxygen atoms in total. The predicted octanol–water partition coefficient (Wildman–Crippen LogP) is 4.84. The maximum absolute atomic E-state index is 13.0. The molecule has 1 saturated carbocycles. The number of amides is 1. The molecule has 5 rings (SSSR count). The topological polar surface area (TPSA) is 36.0 Å². The van der Waals surface area contributed by atoms with E-state index in [9.17, 15) is 4.79 Å². The van der Waals surface area contributed by atoms with Crippen molar-refractivity contribution in [3.63, 3.8) is 0 Å². The van der Waals surface area contributed by atoms with E-state index >= 15 is 0 Å². The summed E-state index contributed by atoms with van der Waals surface area (Å²) in [4.78, 5) is 20.3. The van der Waals surface area contributed by atoms with Gasteiger partial charge in [-0.25, -0.2) is 0 Å². The lowest BCUT2D eigenvalue weighted by Crippen LogP contribution is -2.62. The van der Waals surface area contributed by atoms with Crippen LogP contribution in [0.2, 0.25) is 10.0 Å². The minimum atomic E-state index is -0.0547. The molecule has 1 aromatic carbocycles. The van der Waals surface area contributed by atoms with E-state index in [4.69, 9.17) is 27.9 Å². The van der Waals surface area contributed by atoms with Gasteiger partial charge >= 0.3 is 0 Å². The van der Waals surface area contributed by atoms with Crippen LogP contribution in [-0.4, -0.2) is 85.7 Å². The van der Waals surface area contributed by atoms with Crippen molar-refractivity contribution in [3.8, 4) is 0 Å². The van der Waals surface area contributed by atoms with Crippen LogP contribution in [0.3, 0.4) is 0 Å². The Bertz CT molecular complexity index is 850. The van der Waals surface area contributed by atoms with Crippen molar-refractivity contribution >= 4 is 29.1 Å². The third-order valence-electron chi connectivity index (χ3n) is 8.81. The van der Waals surface area contributed by atoms with Crippen molar-refractivity contribution in [2.45, 2.75) is 62.8 Å². The number of halogens is 2. The first kappa shape index (κ1) is 24.8. The van der Waals surface area contributed by atoms with Crippen LogP contribution in [0, 0.1) is 5.92 Å². The Balaban J connectivity index is 1.27. The highest BCUT2D eigenvalue weighted by molar-refractivity contribution is 6.42. The van der Waals surface area contributed by atoms with Gasteiger partial charge in [0.1, 0.15) is 0 Å². The van der Waals surface area contributed by atoms with E-state index in [1.54, 1.807) is 0 Å². The number of morpholine rings is 1. The van der Waals surface area contributed by atoms with E-state index in [1.165, 1.54) is 37.7 Å². The second-order valence-corrected chi connectivity index (χ2v) is 11.8. The standard InChI is InChI=1S/C27H39Cl2N3O2/c28-24-7-6-22(16-25(24)29)27(10-11-30-18-23(19-30)31-12-14-34-15-13-31)9-8-26(33)32(20-27)17-21-4-2-1-3-5-21/h6-7,16,21,23H,1-5,8-15,17-20H2/t27-/m0/s1. The minimum Gasteiger partial charge on any atom is -0.379 e. The van der Waals surface area contributed by atoms with E-state index in [1.807, 2.05) is 6.07 Å². The molecule has 0 bridgehead atoms. The molecule has 4 fully saturated rings. The summed E-state index contributed by atoms with van der Waals surface area (Å²) in [5, 5.41) is 1.22. The number of nitrogens with zero attached hydrogens (tertiary/aromatic N) is 3. The Morgan fingerprint density at radius 2 is 1.79 bits per heavy atom. The van der Waals surface area contributed by atoms with Gasteiger partial charge in [0, 0.05) is 57.1 Å². The molecule has 0 radical (unpaired) electrons. The Labute approximate surface area is 214 Å². The van der Waals surface area contributed by atoms with Gasteiger partial charge in [-0.3, -0.25) is 9.69 Å². The lowest BCUT2D eigenvalue weighted by molar-refractivity contribution is -0.136. The van der Waals surface area contributed by atoms with Crippen molar-refractivity contribution in [1.82, 2.24) is 14.7 Å². The van der Waals surface area contributed by atoms with Gasteiger partial charge in [-0.05, 0) is 55.8 Å². The van der Waals surface area contributed by atoms with Crippen LogP contribution >= 0.6 is 23.2 Å². The number of hydrogen-bond acceptors (Lipinski definition) is 4. The van der Waals surface area contributed by atoms with Crippen LogP contribution in [0.25, 0.3) is 0 Å². The van der Waals surface area contributed by atoms with Gasteiger partial charge in [0.2, 0.25) is 5.91 Å². The van der Waals surface area contributed by atoms with Gasteiger partial charge in [-0.15, -0.1) is 0 Å². The van der Waals surface area contributed by atoms with Crippen molar-refractivity contribution < 1.29 is 9.53 Å². The normalized spacial score (nSPS) is 28.3. The molecule has 1 atom stereocenters. The summed E-state index contributed by atoms with van der Waals surface area (Å²) in [6, 6.07) is 6.81. The third kappa shape index (κ3) is 5.59. The Morgan fingerprint density at radius 3 is 2.53 bits per heavy atom. The summed E-state index contributed by atoms with van der Waals surface area (Å²) in [7, 11) is 0. The Hall–Kier alpha value is -0.850. The van der Waals surface area contributed by atoms with E-state index in [2.05, 4.69) is 26.8 Å². The van der Waals surface area contributed by atoms with Crippen molar-refractivity contribution in [2.75, 3.05) is 59.0 Å². The summed E-state index contributed by atoms with van der Waals surface area (Å²) in [5.41, 5.74) is 1.19. The minimum absolute atomic E-state index is 0.0547. The largest absolute Gasteiger partial charge is 0.379 e. The molecule has 3 saturated heterocycles. The van der Waals surface area contributed by atoms with Gasteiger partial charge < -0.3 is 14.5 Å². The highest BCUT2D eigenvalue weighted by atomic mass is 35.5. The van der Waals surface area contributed by atoms with Crippen LogP contribution in [0.1, 0.15) is 56.9 Å². The molecule has 7 heteroatoms. The van der Waals surface area contributed by atoms with Crippen LogP contribution in [0.5, 0.6) is 0 Å². The fourth-order valence-corrected chi connectivity index (χ4v) is 6.86. The lowest BCUT2D eigenvalue weighted by Gasteiger charge is -2.49. The van der Waals surface area contributed by atoms with Gasteiger partial charge in [-0.1, -0.05) is 48.5 Å². The molecule has 1 aliphatic carbocycles. The summed E-state index contributed by atoms with van der Waals surface area (Å²) < 4.78 is 5.52. The van der Waals surface area contributed by atoms with E-state index in [0.29, 0.717) is 34.3 Å². The second kappa shape index (κ2) is 11.0. The first-order valence-electron chi connectivity index (χ1n) is 13.3. The van der Waals surface area contributed by atoms with E-state index < -0.39 is 0 Å². The number of piperidine rings is 1. The fourth-order valence-electron chi connectivity index (χ4n) is 6.57. The molecular weight excluding hydrogens is 469 g/mol. The number of benzene rings is 1. The monoisotopic (exact) mass is 507 g/mol. The maximum atomic E-state index is 13.0. The summed E-state index contributed by atoms with van der Waals surface area (Å²) in [6.07, 6.45) is 9.07. The molecule has 0 N–H and O–H groups in total. The zero-order valence-corrected chi connectivity index (χ0v) is 21.8. The number of carbonyl (C=O) groups is 1. The molecule has 34 heavy (non-hydrogen) atoms. The van der Waals surface area contributed by atoms with Crippen molar-refractivity contribution in [1.29, 1.82) is 0 Å². The number of rotatable bonds is 7. The average molecular weight is 509 g/mol. The molecule has 3 heterocycles. The first-order chi connectivity index (χ1) is 16.5. The lowest BCUT2D eigenvalue weighted by atomic mass is 9.71. The second-order valence-electron chi connectivity index (χ2n) is 11.0. The van der Waals surface area contributed by atoms with Gasteiger partial charge in [0.15, 0.2) is 0 Å². The number of ether oxygens (including phenoxy) is 1. The molecule has 0 aromatic heterocycles. The number of carbonyl (C=O) groups excluding carboxylic acids is 1. The molecule has 0 unspecified atom stereocenters. The van der Waals surface area contributed by atoms with Crippen molar-refractivity contribution in [2.24, 2.45) is 5.92 Å². The summed E-state index contributed by atoms with van der Waals surface area (Å²) >= 11 is 12.8. The summed E-state index contributed by atoms with van der Waals surface area (Å²) in [5.74, 6) is 0.990. The van der Waals surface area contributed by atoms with Gasteiger partial charge in [0.05, 0.1) is 23.3 Å². The smallest absolute Gasteiger partial charge is 0.222 e. The highest BCUT2D eigenvalue weighted by Gasteiger charge is 2.42. The molecule has 1 amide bonds. The maximum Gasteiger partial charge on any atom is 0.222 e. The van der Waals surface area contributed by atoms with Crippen LogP contribution in [0.4, 0.5) is 0 Å². The zero-order chi connectivity index (χ0) is 23.5. The SMILES string of the molecule is O=C1CC[C@@](CCN2CC(N3CCOCC3)C2)(c2ccc(Cl)c(Cl)c2)CN1CC1CCCCC1. The molecular formula is C27H39Cl2N3O2. The third-order valence-corrected chi connectivity index (χ3v) is 9.54. The molecule has 4 aliphatic rings. The van der Waals surface area contributed by atoms with Gasteiger partial charge in [-0.2, -0.15) is 0 Å². The van der Waals surface area contributed by atoms with Crippen LogP contribution in [0.15, 0.2) is 18.2 Å². The molecule has 188 valence electrons. The molecule has 3 aliphatic heterocycles. The number of hydrogen-bond donors (Lipinski definition) is 0. The van der Waals surface area contributed by atoms with Crippen molar-refractivity contribution in [3.05, 3.63) is 33.8 Å². The predicted molar refractivity (Wildman–Crippen MR) is 138 cm³/mol. The Kier molecular flexibility index (Phi) is 8.06. The number of likely N-dealkylation sites (tertiary alicyclic amines) is 2. The van der Waals surface area contributed by atoms with Gasteiger partial charge in [0.25, 0.3) is 0 Å². The fraction of sp³-hybridized carbons (Fsp3) is 0.741. The van der Waals surface area contributed by atoms with Crippen LogP contribution < -0.4 is 0 Å². The highest BCUT2D eigenvalue weighted by Crippen LogP contribution is 2.41. The first-order valence-corrected chi connectivity index (χ1v) is 14.1. The summed E-state index contributed by atoms with van der Waals surface area (Å²) in [6.45, 7) is 8.92. The zero-order valence-electron chi connectivity index (χ0n) is 20.3. The molecule has 1 aromatic rings. The average Bonchev–Trinajstić information content (AvgIpc) is 2.83. The van der Waals surface area contributed by atoms with Crippen LogP contribution in [-0.2, 0) is 14.9 Å². The van der Waals surface area contributed by atoms with E-state index in [-0.39, 0.29) is 5.41 Å². The Morgan fingerprint density at radius 1 is 1.03 bits per heavy atom. The van der Waals surface area contributed by atoms with E-state index in [0.717, 1.165) is 71.9 Å². The molecule has 0 spiro atoms.